The smallest absolute Gasteiger partial charge is 0.261 e. The van der Waals surface area contributed by atoms with E-state index in [0.29, 0.717) is 16.4 Å². The van der Waals surface area contributed by atoms with Gasteiger partial charge in [-0.1, -0.05) is 25.1 Å². The molecule has 134 valence electrons. The van der Waals surface area contributed by atoms with Gasteiger partial charge in [-0.2, -0.15) is 0 Å². The first-order valence-corrected chi connectivity index (χ1v) is 10.3. The summed E-state index contributed by atoms with van der Waals surface area (Å²) in [7, 11) is -3.71. The van der Waals surface area contributed by atoms with Gasteiger partial charge < -0.3 is 0 Å². The third-order valence-electron chi connectivity index (χ3n) is 3.59. The second-order valence-corrected chi connectivity index (χ2v) is 7.99. The molecule has 0 unspecified atom stereocenters. The molecule has 0 aliphatic carbocycles. The quantitative estimate of drug-likeness (QED) is 0.674. The number of thiazole rings is 1. The van der Waals surface area contributed by atoms with Crippen LogP contribution in [0.4, 0.5) is 10.8 Å². The van der Waals surface area contributed by atoms with Crippen LogP contribution in [-0.2, 0) is 16.4 Å². The minimum absolute atomic E-state index is 0.0837. The van der Waals surface area contributed by atoms with Crippen LogP contribution in [0.15, 0.2) is 64.9 Å². The molecule has 1 heterocycles. The van der Waals surface area contributed by atoms with Gasteiger partial charge in [0.1, 0.15) is 0 Å². The topological polar surface area (TPSA) is 88.2 Å². The lowest BCUT2D eigenvalue weighted by atomic mass is 10.2. The first-order valence-electron chi connectivity index (χ1n) is 7.91. The SMILES string of the molecule is CCc1csc(NC(=O)c2ccc(S(=O)(=O)Nc3ccccc3)cc2)n1. The Labute approximate surface area is 156 Å². The third-order valence-corrected chi connectivity index (χ3v) is 5.79. The number of carbonyl (C=O) groups excluding carboxylic acids is 1. The molecule has 0 bridgehead atoms. The summed E-state index contributed by atoms with van der Waals surface area (Å²) in [6, 6.07) is 14.4. The fourth-order valence-corrected chi connectivity index (χ4v) is 4.05. The fraction of sp³-hybridized carbons (Fsp3) is 0.111. The number of hydrogen-bond donors (Lipinski definition) is 2. The van der Waals surface area contributed by atoms with Crippen LogP contribution < -0.4 is 10.0 Å². The highest BCUT2D eigenvalue weighted by atomic mass is 32.2. The first-order chi connectivity index (χ1) is 12.5. The van der Waals surface area contributed by atoms with Crippen LogP contribution in [0.2, 0.25) is 0 Å². The van der Waals surface area contributed by atoms with Gasteiger partial charge in [0.2, 0.25) is 0 Å². The number of benzene rings is 2. The van der Waals surface area contributed by atoms with Crippen LogP contribution in [0, 0.1) is 0 Å². The predicted octanol–water partition coefficient (Wildman–Crippen LogP) is 3.76. The maximum atomic E-state index is 12.4. The Balaban J connectivity index is 1.72. The minimum Gasteiger partial charge on any atom is -0.298 e. The number of aromatic nitrogens is 1. The molecule has 3 rings (SSSR count). The zero-order valence-electron chi connectivity index (χ0n) is 14.0. The van der Waals surface area contributed by atoms with Crippen molar-refractivity contribution < 1.29 is 13.2 Å². The molecule has 0 radical (unpaired) electrons. The Hall–Kier alpha value is -2.71. The van der Waals surface area contributed by atoms with Gasteiger partial charge in [-0.15, -0.1) is 11.3 Å². The second kappa shape index (κ2) is 7.67. The summed E-state index contributed by atoms with van der Waals surface area (Å²) in [5.74, 6) is -0.332. The zero-order chi connectivity index (χ0) is 18.6. The molecule has 0 saturated heterocycles. The number of sulfonamides is 1. The van der Waals surface area contributed by atoms with Crippen molar-refractivity contribution in [3.63, 3.8) is 0 Å². The molecular weight excluding hydrogens is 370 g/mol. The molecule has 0 saturated carbocycles. The van der Waals surface area contributed by atoms with E-state index in [-0.39, 0.29) is 10.8 Å². The summed E-state index contributed by atoms with van der Waals surface area (Å²) >= 11 is 1.36. The molecule has 0 atom stereocenters. The van der Waals surface area contributed by atoms with E-state index in [1.165, 1.54) is 35.6 Å². The number of hydrogen-bond acceptors (Lipinski definition) is 5. The summed E-state index contributed by atoms with van der Waals surface area (Å²) in [6.07, 6.45) is 0.799. The Morgan fingerprint density at radius 1 is 1.08 bits per heavy atom. The van der Waals surface area contributed by atoms with Crippen LogP contribution in [0.25, 0.3) is 0 Å². The van der Waals surface area contributed by atoms with Gasteiger partial charge in [-0.05, 0) is 42.8 Å². The van der Waals surface area contributed by atoms with Crippen LogP contribution >= 0.6 is 11.3 Å². The standard InChI is InChI=1S/C18H17N3O3S2/c1-2-14-12-25-18(19-14)20-17(22)13-8-10-16(11-9-13)26(23,24)21-15-6-4-3-5-7-15/h3-12,21H,2H2,1H3,(H,19,20,22). The fourth-order valence-electron chi connectivity index (χ4n) is 2.20. The van der Waals surface area contributed by atoms with E-state index in [0.717, 1.165) is 12.1 Å². The van der Waals surface area contributed by atoms with Crippen molar-refractivity contribution in [2.45, 2.75) is 18.2 Å². The van der Waals surface area contributed by atoms with Crippen molar-refractivity contribution in [2.24, 2.45) is 0 Å². The van der Waals surface area contributed by atoms with Gasteiger partial charge in [0.25, 0.3) is 15.9 Å². The summed E-state index contributed by atoms with van der Waals surface area (Å²) in [5, 5.41) is 5.13. The van der Waals surface area contributed by atoms with E-state index in [4.69, 9.17) is 0 Å². The molecule has 3 aromatic rings. The van der Waals surface area contributed by atoms with Gasteiger partial charge in [-0.3, -0.25) is 14.8 Å². The number of nitrogens with one attached hydrogen (secondary N) is 2. The van der Waals surface area contributed by atoms with Crippen molar-refractivity contribution >= 4 is 38.1 Å². The van der Waals surface area contributed by atoms with E-state index in [1.807, 2.05) is 12.3 Å². The minimum atomic E-state index is -3.71. The number of aryl methyl sites for hydroxylation is 1. The van der Waals surface area contributed by atoms with E-state index in [2.05, 4.69) is 15.0 Å². The molecule has 8 heteroatoms. The van der Waals surface area contributed by atoms with Crippen LogP contribution in [-0.4, -0.2) is 19.3 Å². The highest BCUT2D eigenvalue weighted by Crippen LogP contribution is 2.19. The Kier molecular flexibility index (Phi) is 5.34. The van der Waals surface area contributed by atoms with Crippen molar-refractivity contribution in [1.82, 2.24) is 4.98 Å². The zero-order valence-corrected chi connectivity index (χ0v) is 15.6. The maximum Gasteiger partial charge on any atom is 0.261 e. The van der Waals surface area contributed by atoms with Crippen LogP contribution in [0.3, 0.4) is 0 Å². The molecule has 0 aliphatic rings. The molecule has 2 N–H and O–H groups in total. The van der Waals surface area contributed by atoms with Gasteiger partial charge >= 0.3 is 0 Å². The lowest BCUT2D eigenvalue weighted by molar-refractivity contribution is 0.102. The van der Waals surface area contributed by atoms with E-state index in [1.54, 1.807) is 30.3 Å². The number of para-hydroxylation sites is 1. The normalized spacial score (nSPS) is 11.1. The number of nitrogens with zero attached hydrogens (tertiary/aromatic N) is 1. The number of amides is 1. The average molecular weight is 387 g/mol. The lowest BCUT2D eigenvalue weighted by Crippen LogP contribution is -2.14. The molecule has 26 heavy (non-hydrogen) atoms. The summed E-state index contributed by atoms with van der Waals surface area (Å²) in [5.41, 5.74) is 1.75. The Bertz CT molecular complexity index is 998. The third kappa shape index (κ3) is 4.27. The Morgan fingerprint density at radius 2 is 1.77 bits per heavy atom. The number of carbonyl (C=O) groups is 1. The first kappa shape index (κ1) is 18.1. The van der Waals surface area contributed by atoms with Crippen molar-refractivity contribution in [3.05, 3.63) is 71.2 Å². The predicted molar refractivity (Wildman–Crippen MR) is 103 cm³/mol. The molecule has 0 spiro atoms. The van der Waals surface area contributed by atoms with E-state index in [9.17, 15) is 13.2 Å². The Morgan fingerprint density at radius 3 is 2.38 bits per heavy atom. The van der Waals surface area contributed by atoms with Crippen molar-refractivity contribution in [3.8, 4) is 0 Å². The summed E-state index contributed by atoms with van der Waals surface area (Å²) < 4.78 is 27.3. The van der Waals surface area contributed by atoms with Crippen LogP contribution in [0.1, 0.15) is 23.0 Å². The highest BCUT2D eigenvalue weighted by molar-refractivity contribution is 7.92. The van der Waals surface area contributed by atoms with Gasteiger partial charge in [-0.25, -0.2) is 13.4 Å². The molecule has 2 aromatic carbocycles. The second-order valence-electron chi connectivity index (χ2n) is 5.45. The van der Waals surface area contributed by atoms with E-state index >= 15 is 0 Å². The summed E-state index contributed by atoms with van der Waals surface area (Å²) in [4.78, 5) is 16.6. The van der Waals surface area contributed by atoms with Gasteiger partial charge in [0, 0.05) is 16.6 Å². The maximum absolute atomic E-state index is 12.4. The number of anilines is 2. The van der Waals surface area contributed by atoms with E-state index < -0.39 is 10.0 Å². The molecular formula is C18H17N3O3S2. The molecule has 0 fully saturated rings. The van der Waals surface area contributed by atoms with Gasteiger partial charge in [0.05, 0.1) is 10.6 Å². The molecule has 1 aromatic heterocycles. The molecule has 6 nitrogen and oxygen atoms in total. The van der Waals surface area contributed by atoms with Crippen LogP contribution in [0.5, 0.6) is 0 Å². The molecule has 0 aliphatic heterocycles. The summed E-state index contributed by atoms with van der Waals surface area (Å²) in [6.45, 7) is 1.99. The highest BCUT2D eigenvalue weighted by Gasteiger charge is 2.15. The lowest BCUT2D eigenvalue weighted by Gasteiger charge is -2.08. The largest absolute Gasteiger partial charge is 0.298 e. The molecule has 1 amide bonds. The van der Waals surface area contributed by atoms with Gasteiger partial charge in [0.15, 0.2) is 5.13 Å². The van der Waals surface area contributed by atoms with Crippen molar-refractivity contribution in [2.75, 3.05) is 10.0 Å². The average Bonchev–Trinajstić information content (AvgIpc) is 3.10. The monoisotopic (exact) mass is 387 g/mol. The van der Waals surface area contributed by atoms with Crippen molar-refractivity contribution in [1.29, 1.82) is 0 Å². The number of rotatable bonds is 6.